The Morgan fingerprint density at radius 1 is 0.889 bits per heavy atom. The highest BCUT2D eigenvalue weighted by Gasteiger charge is 2.35. The molecule has 148 valence electrons. The van der Waals surface area contributed by atoms with E-state index in [9.17, 15) is 14.4 Å². The minimum Gasteiger partial charge on any atom is -0.481 e. The molecular formula is C21H30N2O4. The fourth-order valence-electron chi connectivity index (χ4n) is 3.37. The summed E-state index contributed by atoms with van der Waals surface area (Å²) in [6, 6.07) is 5.40. The zero-order chi connectivity index (χ0) is 19.8. The molecule has 0 aromatic heterocycles. The van der Waals surface area contributed by atoms with Crippen LogP contribution in [0.2, 0.25) is 0 Å². The number of aliphatic carboxylic acids is 1. The van der Waals surface area contributed by atoms with Crippen molar-refractivity contribution < 1.29 is 19.5 Å². The van der Waals surface area contributed by atoms with Crippen molar-refractivity contribution in [2.24, 2.45) is 0 Å². The van der Waals surface area contributed by atoms with Crippen LogP contribution in [0.5, 0.6) is 0 Å². The number of carbonyl (C=O) groups is 3. The van der Waals surface area contributed by atoms with E-state index in [0.29, 0.717) is 17.7 Å². The van der Waals surface area contributed by atoms with Gasteiger partial charge < -0.3 is 10.0 Å². The minimum atomic E-state index is -0.721. The Hall–Kier alpha value is -2.37. The molecule has 1 N–H and O–H groups in total. The van der Waals surface area contributed by atoms with Gasteiger partial charge in [0.05, 0.1) is 11.1 Å². The van der Waals surface area contributed by atoms with E-state index in [1.807, 2.05) is 25.1 Å². The van der Waals surface area contributed by atoms with Crippen LogP contribution in [-0.2, 0) is 4.79 Å². The largest absolute Gasteiger partial charge is 0.481 e. The van der Waals surface area contributed by atoms with Crippen molar-refractivity contribution in [1.82, 2.24) is 4.90 Å². The number of rotatable bonds is 12. The number of anilines is 1. The minimum absolute atomic E-state index is 0.182. The van der Waals surface area contributed by atoms with Gasteiger partial charge in [0.25, 0.3) is 11.8 Å². The highest BCUT2D eigenvalue weighted by atomic mass is 16.4. The van der Waals surface area contributed by atoms with Crippen LogP contribution in [0.25, 0.3) is 0 Å². The third kappa shape index (κ3) is 5.81. The Kier molecular flexibility index (Phi) is 7.82. The molecule has 1 aliphatic heterocycles. The second kappa shape index (κ2) is 10.1. The summed E-state index contributed by atoms with van der Waals surface area (Å²) < 4.78 is 0. The molecule has 0 spiro atoms. The second-order valence-corrected chi connectivity index (χ2v) is 7.36. The van der Waals surface area contributed by atoms with Crippen molar-refractivity contribution in [2.75, 3.05) is 25.5 Å². The van der Waals surface area contributed by atoms with Gasteiger partial charge in [0.15, 0.2) is 0 Å². The molecule has 1 heterocycles. The summed E-state index contributed by atoms with van der Waals surface area (Å²) in [5, 5.41) is 8.58. The van der Waals surface area contributed by atoms with Crippen LogP contribution in [0.3, 0.4) is 0 Å². The molecule has 0 fully saturated rings. The number of carboxylic acids is 1. The monoisotopic (exact) mass is 374 g/mol. The molecule has 27 heavy (non-hydrogen) atoms. The Balaban J connectivity index is 1.66. The number of carbonyl (C=O) groups excluding carboxylic acids is 2. The number of benzene rings is 1. The van der Waals surface area contributed by atoms with Gasteiger partial charge in [0.1, 0.15) is 0 Å². The number of hydrogen-bond acceptors (Lipinski definition) is 4. The zero-order valence-corrected chi connectivity index (χ0v) is 16.4. The van der Waals surface area contributed by atoms with E-state index >= 15 is 0 Å². The molecule has 2 rings (SSSR count). The zero-order valence-electron chi connectivity index (χ0n) is 16.4. The number of unbranched alkanes of at least 4 members (excludes halogenated alkanes) is 7. The third-order valence-electron chi connectivity index (χ3n) is 4.99. The maximum atomic E-state index is 12.5. The SMILES string of the molecule is CN(C)c1ccc2c(c1)C(=O)N(CCCCCCCCCCC(=O)O)C2=O. The van der Waals surface area contributed by atoms with Crippen LogP contribution in [0.15, 0.2) is 18.2 Å². The lowest BCUT2D eigenvalue weighted by Gasteiger charge is -2.13. The molecule has 0 bridgehead atoms. The van der Waals surface area contributed by atoms with E-state index in [2.05, 4.69) is 0 Å². The first-order chi connectivity index (χ1) is 12.9. The maximum Gasteiger partial charge on any atom is 0.303 e. The number of amides is 2. The third-order valence-corrected chi connectivity index (χ3v) is 4.99. The number of fused-ring (bicyclic) bond motifs is 1. The predicted molar refractivity (Wildman–Crippen MR) is 105 cm³/mol. The van der Waals surface area contributed by atoms with Crippen molar-refractivity contribution in [3.05, 3.63) is 29.3 Å². The number of imide groups is 1. The van der Waals surface area contributed by atoms with Gasteiger partial charge in [-0.3, -0.25) is 19.3 Å². The van der Waals surface area contributed by atoms with Gasteiger partial charge in [0.2, 0.25) is 0 Å². The molecule has 0 radical (unpaired) electrons. The van der Waals surface area contributed by atoms with Crippen molar-refractivity contribution in [1.29, 1.82) is 0 Å². The van der Waals surface area contributed by atoms with E-state index in [1.165, 1.54) is 4.90 Å². The van der Waals surface area contributed by atoms with E-state index in [0.717, 1.165) is 57.1 Å². The van der Waals surface area contributed by atoms with Gasteiger partial charge in [-0.05, 0) is 31.0 Å². The first-order valence-electron chi connectivity index (χ1n) is 9.81. The van der Waals surface area contributed by atoms with Crippen LogP contribution in [-0.4, -0.2) is 48.4 Å². The standard InChI is InChI=1S/C21H30N2O4/c1-22(2)16-12-13-17-18(15-16)21(27)23(20(17)26)14-10-8-6-4-3-5-7-9-11-19(24)25/h12-13,15H,3-11,14H2,1-2H3,(H,24,25). The molecule has 0 saturated carbocycles. The van der Waals surface area contributed by atoms with Crippen LogP contribution in [0.4, 0.5) is 5.69 Å². The Morgan fingerprint density at radius 3 is 2.04 bits per heavy atom. The Morgan fingerprint density at radius 2 is 1.44 bits per heavy atom. The van der Waals surface area contributed by atoms with E-state index in [-0.39, 0.29) is 18.2 Å². The van der Waals surface area contributed by atoms with Crippen molar-refractivity contribution in [2.45, 2.75) is 57.8 Å². The molecule has 1 aliphatic rings. The number of nitrogens with zero attached hydrogens (tertiary/aromatic N) is 2. The van der Waals surface area contributed by atoms with Gasteiger partial charge in [-0.2, -0.15) is 0 Å². The molecule has 0 atom stereocenters. The summed E-state index contributed by atoms with van der Waals surface area (Å²) in [5.74, 6) is -1.09. The summed E-state index contributed by atoms with van der Waals surface area (Å²) in [6.07, 6.45) is 8.17. The molecule has 1 aromatic rings. The van der Waals surface area contributed by atoms with Crippen LogP contribution >= 0.6 is 0 Å². The number of hydrogen-bond donors (Lipinski definition) is 1. The highest BCUT2D eigenvalue weighted by molar-refractivity contribution is 6.21. The normalized spacial score (nSPS) is 13.2. The van der Waals surface area contributed by atoms with Crippen LogP contribution < -0.4 is 4.90 Å². The highest BCUT2D eigenvalue weighted by Crippen LogP contribution is 2.27. The van der Waals surface area contributed by atoms with Crippen molar-refractivity contribution in [3.8, 4) is 0 Å². The first-order valence-corrected chi connectivity index (χ1v) is 9.81. The summed E-state index contributed by atoms with van der Waals surface area (Å²) in [6.45, 7) is 0.474. The molecule has 1 aromatic carbocycles. The van der Waals surface area contributed by atoms with Gasteiger partial charge in [0, 0.05) is 32.7 Å². The summed E-state index contributed by atoms with van der Waals surface area (Å²) >= 11 is 0. The second-order valence-electron chi connectivity index (χ2n) is 7.36. The van der Waals surface area contributed by atoms with Crippen LogP contribution in [0.1, 0.15) is 78.5 Å². The quantitative estimate of drug-likeness (QED) is 0.443. The van der Waals surface area contributed by atoms with Crippen LogP contribution in [0, 0.1) is 0 Å². The van der Waals surface area contributed by atoms with Gasteiger partial charge >= 0.3 is 5.97 Å². The van der Waals surface area contributed by atoms with Crippen molar-refractivity contribution in [3.63, 3.8) is 0 Å². The molecule has 6 heteroatoms. The lowest BCUT2D eigenvalue weighted by atomic mass is 10.1. The van der Waals surface area contributed by atoms with E-state index < -0.39 is 5.97 Å². The fraction of sp³-hybridized carbons (Fsp3) is 0.571. The summed E-state index contributed by atoms with van der Waals surface area (Å²) in [7, 11) is 3.82. The van der Waals surface area contributed by atoms with Gasteiger partial charge in [-0.1, -0.05) is 38.5 Å². The van der Waals surface area contributed by atoms with Gasteiger partial charge in [-0.15, -0.1) is 0 Å². The molecular weight excluding hydrogens is 344 g/mol. The molecule has 2 amide bonds. The Bertz CT molecular complexity index is 685. The van der Waals surface area contributed by atoms with Gasteiger partial charge in [-0.25, -0.2) is 0 Å². The van der Waals surface area contributed by atoms with E-state index in [4.69, 9.17) is 5.11 Å². The predicted octanol–water partition coefficient (Wildman–Crippen LogP) is 3.94. The molecule has 0 saturated heterocycles. The van der Waals surface area contributed by atoms with Crippen molar-refractivity contribution >= 4 is 23.5 Å². The summed E-state index contributed by atoms with van der Waals surface area (Å²) in [5.41, 5.74) is 1.93. The smallest absolute Gasteiger partial charge is 0.303 e. The molecule has 0 unspecified atom stereocenters. The molecule has 6 nitrogen and oxygen atoms in total. The van der Waals surface area contributed by atoms with E-state index in [1.54, 1.807) is 12.1 Å². The topological polar surface area (TPSA) is 77.9 Å². The lowest BCUT2D eigenvalue weighted by molar-refractivity contribution is -0.137. The summed E-state index contributed by atoms with van der Waals surface area (Å²) in [4.78, 5) is 38.7. The average Bonchev–Trinajstić information content (AvgIpc) is 2.87. The number of carboxylic acid groups (broad SMARTS) is 1. The first kappa shape index (κ1) is 20.9. The lowest BCUT2D eigenvalue weighted by Crippen LogP contribution is -2.30. The average molecular weight is 374 g/mol. The Labute approximate surface area is 161 Å². The fourth-order valence-corrected chi connectivity index (χ4v) is 3.37. The molecule has 0 aliphatic carbocycles. The maximum absolute atomic E-state index is 12.5.